The van der Waals surface area contributed by atoms with Gasteiger partial charge in [0.15, 0.2) is 16.6 Å². The van der Waals surface area contributed by atoms with Crippen molar-refractivity contribution in [2.75, 3.05) is 0 Å². The molecule has 0 amide bonds. The first kappa shape index (κ1) is 18.3. The van der Waals surface area contributed by atoms with E-state index in [9.17, 15) is 4.80 Å². The van der Waals surface area contributed by atoms with Gasteiger partial charge in [-0.2, -0.15) is 0 Å². The van der Waals surface area contributed by atoms with Crippen LogP contribution in [0.25, 0.3) is 0 Å². The van der Waals surface area contributed by atoms with Gasteiger partial charge < -0.3 is 13.0 Å². The maximum absolute atomic E-state index is 9.95. The molecule has 0 aromatic rings. The number of rotatable bonds is 4. The normalized spacial score (nSPS) is 13.7. The van der Waals surface area contributed by atoms with E-state index in [2.05, 4.69) is 39.3 Å². The molecule has 1 N–H and O–H groups in total. The van der Waals surface area contributed by atoms with Crippen LogP contribution < -0.4 is 0 Å². The van der Waals surface area contributed by atoms with E-state index >= 15 is 0 Å². The fourth-order valence-corrected chi connectivity index (χ4v) is 10.8. The largest absolute Gasteiger partial charge is 0.473 e. The standard InChI is InChI=1S/C7H22O3Si3.Ce/c1-11(2,3)9-13(7,8)10-12(4,5)6;/h8H,1-7H3;. The Labute approximate surface area is 125 Å². The topological polar surface area (TPSA) is 38.7 Å². The second-order valence-corrected chi connectivity index (χ2v) is 17.2. The van der Waals surface area contributed by atoms with Gasteiger partial charge in [0.2, 0.25) is 0 Å². The summed E-state index contributed by atoms with van der Waals surface area (Å²) in [7, 11) is -6.22. The Morgan fingerprint density at radius 3 is 1.07 bits per heavy atom. The first-order chi connectivity index (χ1) is 5.41. The molecule has 0 saturated carbocycles. The van der Waals surface area contributed by atoms with Gasteiger partial charge in [-0.3, -0.25) is 0 Å². The van der Waals surface area contributed by atoms with Crippen molar-refractivity contribution in [3.05, 3.63) is 0 Å². The minimum Gasteiger partial charge on any atom is -0.417 e. The predicted molar refractivity (Wildman–Crippen MR) is 62.7 cm³/mol. The SMILES string of the molecule is C[Si](C)(C)O[Si](C)(O)O[Si](C)(C)C.[Ce]. The molecule has 0 aliphatic rings. The van der Waals surface area contributed by atoms with Crippen LogP contribution in [0, 0.1) is 41.7 Å². The van der Waals surface area contributed by atoms with Gasteiger partial charge in [0, 0.05) is 48.3 Å². The number of hydrogen-bond donors (Lipinski definition) is 1. The molecule has 84 valence electrons. The van der Waals surface area contributed by atoms with Crippen LogP contribution in [-0.4, -0.2) is 30.2 Å². The minimum atomic E-state index is -2.85. The monoisotopic (exact) mass is 378 g/mol. The molecular formula is C7H22CeO3Si3. The van der Waals surface area contributed by atoms with Gasteiger partial charge in [-0.05, 0) is 39.3 Å². The molecule has 0 aliphatic heterocycles. The van der Waals surface area contributed by atoms with E-state index < -0.39 is 25.4 Å². The summed E-state index contributed by atoms with van der Waals surface area (Å²) in [5.74, 6) is 0. The van der Waals surface area contributed by atoms with Gasteiger partial charge in [0.1, 0.15) is 0 Å². The van der Waals surface area contributed by atoms with E-state index in [1.165, 1.54) is 0 Å². The van der Waals surface area contributed by atoms with Crippen LogP contribution in [0.5, 0.6) is 0 Å². The first-order valence-electron chi connectivity index (χ1n) is 4.54. The van der Waals surface area contributed by atoms with Crippen LogP contribution in [-0.2, 0) is 8.23 Å². The predicted octanol–water partition coefficient (Wildman–Crippen LogP) is 2.25. The zero-order chi connectivity index (χ0) is 10.9. The van der Waals surface area contributed by atoms with Crippen molar-refractivity contribution < 1.29 is 54.8 Å². The van der Waals surface area contributed by atoms with Crippen molar-refractivity contribution in [1.29, 1.82) is 0 Å². The van der Waals surface area contributed by atoms with E-state index in [0.717, 1.165) is 0 Å². The second-order valence-electron chi connectivity index (χ2n) is 5.33. The summed E-state index contributed by atoms with van der Waals surface area (Å²) in [5, 5.41) is 0. The molecule has 0 aliphatic carbocycles. The average molecular weight is 379 g/mol. The Kier molecular flexibility index (Phi) is 7.84. The third-order valence-electron chi connectivity index (χ3n) is 0.991. The summed E-state index contributed by atoms with van der Waals surface area (Å²) < 4.78 is 11.3. The van der Waals surface area contributed by atoms with Gasteiger partial charge in [-0.25, -0.2) is 0 Å². The fourth-order valence-electron chi connectivity index (χ4n) is 1.16. The second kappa shape index (κ2) is 6.01. The molecule has 0 rings (SSSR count). The summed E-state index contributed by atoms with van der Waals surface area (Å²) in [4.78, 5) is 9.95. The number of hydrogen-bond acceptors (Lipinski definition) is 3. The van der Waals surface area contributed by atoms with Gasteiger partial charge in [0.05, 0.1) is 0 Å². The molecule has 0 heterocycles. The van der Waals surface area contributed by atoms with Gasteiger partial charge in [0.25, 0.3) is 0 Å². The van der Waals surface area contributed by atoms with Crippen LogP contribution in [0.3, 0.4) is 0 Å². The zero-order valence-electron chi connectivity index (χ0n) is 10.3. The van der Waals surface area contributed by atoms with Crippen LogP contribution in [0.4, 0.5) is 0 Å². The third kappa shape index (κ3) is 12.0. The summed E-state index contributed by atoms with van der Waals surface area (Å²) in [6.45, 7) is 14.1. The quantitative estimate of drug-likeness (QED) is 0.763. The molecule has 0 radical (unpaired) electrons. The molecule has 14 heavy (non-hydrogen) atoms. The summed E-state index contributed by atoms with van der Waals surface area (Å²) in [6.07, 6.45) is 0. The Balaban J connectivity index is 0. The van der Waals surface area contributed by atoms with Crippen LogP contribution in [0.15, 0.2) is 0 Å². The Hall–Kier alpha value is 1.91. The van der Waals surface area contributed by atoms with E-state index in [4.69, 9.17) is 8.23 Å². The minimum absolute atomic E-state index is 0. The van der Waals surface area contributed by atoms with Crippen LogP contribution in [0.2, 0.25) is 45.8 Å². The maximum Gasteiger partial charge on any atom is 0.473 e. The Morgan fingerprint density at radius 1 is 0.714 bits per heavy atom. The Bertz CT molecular complexity index is 156. The van der Waals surface area contributed by atoms with E-state index in [1.807, 2.05) is 0 Å². The van der Waals surface area contributed by atoms with Gasteiger partial charge >= 0.3 is 8.80 Å². The molecule has 7 heteroatoms. The molecule has 3 nitrogen and oxygen atoms in total. The van der Waals surface area contributed by atoms with E-state index in [0.29, 0.717) is 0 Å². The molecule has 0 fully saturated rings. The average Bonchev–Trinajstić information content (AvgIpc) is 1.43. The molecule has 0 unspecified atom stereocenters. The molecular weight excluding hydrogens is 356 g/mol. The smallest absolute Gasteiger partial charge is 0.417 e. The van der Waals surface area contributed by atoms with Crippen molar-refractivity contribution in [3.63, 3.8) is 0 Å². The third-order valence-corrected chi connectivity index (χ3v) is 8.92. The molecule has 0 spiro atoms. The molecule has 0 aromatic heterocycles. The Morgan fingerprint density at radius 2 is 0.929 bits per heavy atom. The van der Waals surface area contributed by atoms with Crippen molar-refractivity contribution in [3.8, 4) is 0 Å². The summed E-state index contributed by atoms with van der Waals surface area (Å²) >= 11 is 0. The van der Waals surface area contributed by atoms with Crippen LogP contribution in [0.1, 0.15) is 0 Å². The molecule has 0 atom stereocenters. The van der Waals surface area contributed by atoms with E-state index in [-0.39, 0.29) is 41.7 Å². The van der Waals surface area contributed by atoms with Gasteiger partial charge in [-0.1, -0.05) is 0 Å². The van der Waals surface area contributed by atoms with Crippen molar-refractivity contribution in [2.24, 2.45) is 0 Å². The van der Waals surface area contributed by atoms with Crippen molar-refractivity contribution in [1.82, 2.24) is 0 Å². The zero-order valence-corrected chi connectivity index (χ0v) is 16.4. The molecule has 0 saturated heterocycles. The van der Waals surface area contributed by atoms with Crippen molar-refractivity contribution in [2.45, 2.75) is 45.8 Å². The fraction of sp³-hybridized carbons (Fsp3) is 1.00. The maximum atomic E-state index is 9.95. The molecule has 0 bridgehead atoms. The summed E-state index contributed by atoms with van der Waals surface area (Å²) in [5.41, 5.74) is 0. The molecule has 0 aromatic carbocycles. The van der Waals surface area contributed by atoms with E-state index in [1.54, 1.807) is 6.55 Å². The first-order valence-corrected chi connectivity index (χ1v) is 13.6. The van der Waals surface area contributed by atoms with Crippen molar-refractivity contribution >= 4 is 25.4 Å². The van der Waals surface area contributed by atoms with Crippen LogP contribution >= 0.6 is 0 Å². The van der Waals surface area contributed by atoms with Gasteiger partial charge in [-0.15, -0.1) is 0 Å². The summed E-state index contributed by atoms with van der Waals surface area (Å²) in [6, 6.07) is 0.